The van der Waals surface area contributed by atoms with E-state index in [2.05, 4.69) is 31.0 Å². The minimum atomic E-state index is -0.351. The van der Waals surface area contributed by atoms with Crippen LogP contribution in [0.5, 0.6) is 0 Å². The number of halogens is 1. The van der Waals surface area contributed by atoms with Crippen LogP contribution in [0.15, 0.2) is 47.7 Å². The van der Waals surface area contributed by atoms with Crippen LogP contribution in [0, 0.1) is 19.7 Å². The normalized spacial score (nSPS) is 13.5. The molecule has 0 radical (unpaired) electrons. The maximum Gasteiger partial charge on any atom is 0.274 e. The molecule has 150 valence electrons. The summed E-state index contributed by atoms with van der Waals surface area (Å²) in [7, 11) is 0. The highest BCUT2D eigenvalue weighted by Crippen LogP contribution is 2.28. The minimum absolute atomic E-state index is 0.208. The molecule has 7 nitrogen and oxygen atoms in total. The van der Waals surface area contributed by atoms with Gasteiger partial charge in [-0.2, -0.15) is 4.52 Å². The zero-order valence-electron chi connectivity index (χ0n) is 16.6. The van der Waals surface area contributed by atoms with Crippen molar-refractivity contribution in [2.75, 3.05) is 11.4 Å². The molecule has 1 aliphatic heterocycles. The van der Waals surface area contributed by atoms with Crippen LogP contribution >= 0.6 is 0 Å². The van der Waals surface area contributed by atoms with E-state index in [4.69, 9.17) is 0 Å². The van der Waals surface area contributed by atoms with Crippen molar-refractivity contribution in [3.8, 4) is 11.3 Å². The molecule has 5 heterocycles. The van der Waals surface area contributed by atoms with Gasteiger partial charge < -0.3 is 4.90 Å². The van der Waals surface area contributed by atoms with Gasteiger partial charge in [-0.25, -0.2) is 9.37 Å². The Morgan fingerprint density at radius 2 is 1.90 bits per heavy atom. The molecule has 0 fully saturated rings. The Kier molecular flexibility index (Phi) is 4.27. The van der Waals surface area contributed by atoms with Gasteiger partial charge in [0, 0.05) is 49.2 Å². The van der Waals surface area contributed by atoms with E-state index in [0.717, 1.165) is 52.4 Å². The predicted molar refractivity (Wildman–Crippen MR) is 111 cm³/mol. The third kappa shape index (κ3) is 3.10. The first kappa shape index (κ1) is 18.4. The van der Waals surface area contributed by atoms with Gasteiger partial charge in [0.1, 0.15) is 5.82 Å². The van der Waals surface area contributed by atoms with Crippen LogP contribution in [0.3, 0.4) is 0 Å². The lowest BCUT2D eigenvalue weighted by Crippen LogP contribution is -2.33. The number of fused-ring (bicyclic) bond motifs is 2. The Morgan fingerprint density at radius 3 is 2.73 bits per heavy atom. The van der Waals surface area contributed by atoms with Gasteiger partial charge in [-0.1, -0.05) is 0 Å². The molecule has 4 aromatic heterocycles. The van der Waals surface area contributed by atoms with Crippen LogP contribution < -0.4 is 10.5 Å². The molecule has 0 aromatic carbocycles. The predicted octanol–water partition coefficient (Wildman–Crippen LogP) is 2.87. The third-order valence-corrected chi connectivity index (χ3v) is 5.40. The lowest BCUT2D eigenvalue weighted by atomic mass is 10.0. The first-order valence-electron chi connectivity index (χ1n) is 9.70. The van der Waals surface area contributed by atoms with Gasteiger partial charge in [0.15, 0.2) is 11.5 Å². The van der Waals surface area contributed by atoms with Gasteiger partial charge in [-0.05, 0) is 48.7 Å². The molecule has 0 bridgehead atoms. The van der Waals surface area contributed by atoms with Crippen molar-refractivity contribution in [1.82, 2.24) is 24.6 Å². The van der Waals surface area contributed by atoms with Crippen LogP contribution in [0.4, 0.5) is 10.2 Å². The van der Waals surface area contributed by atoms with Crippen LogP contribution in [0.25, 0.3) is 16.9 Å². The Labute approximate surface area is 171 Å². The van der Waals surface area contributed by atoms with E-state index in [1.54, 1.807) is 6.20 Å². The summed E-state index contributed by atoms with van der Waals surface area (Å²) in [5, 5.41) is 4.57. The summed E-state index contributed by atoms with van der Waals surface area (Å²) in [5.74, 6) is 0.403. The van der Waals surface area contributed by atoms with Crippen molar-refractivity contribution < 1.29 is 4.39 Å². The van der Waals surface area contributed by atoms with E-state index in [9.17, 15) is 9.18 Å². The number of hydrogen-bond donors (Lipinski definition) is 0. The number of rotatable bonds is 2. The second-order valence-corrected chi connectivity index (χ2v) is 7.52. The molecule has 1 aliphatic rings. The lowest BCUT2D eigenvalue weighted by molar-refractivity contribution is 0.620. The molecule has 0 atom stereocenters. The molecule has 4 aromatic rings. The summed E-state index contributed by atoms with van der Waals surface area (Å²) in [6.45, 7) is 5.18. The maximum absolute atomic E-state index is 13.4. The summed E-state index contributed by atoms with van der Waals surface area (Å²) in [4.78, 5) is 27.4. The summed E-state index contributed by atoms with van der Waals surface area (Å²) in [5.41, 5.74) is 5.73. The second kappa shape index (κ2) is 6.98. The van der Waals surface area contributed by atoms with Crippen molar-refractivity contribution in [3.05, 3.63) is 81.4 Å². The summed E-state index contributed by atoms with van der Waals surface area (Å²) in [6.07, 6.45) is 5.29. The van der Waals surface area contributed by atoms with Crippen molar-refractivity contribution in [3.63, 3.8) is 0 Å². The molecular formula is C22H19FN6O. The van der Waals surface area contributed by atoms with Gasteiger partial charge in [0.05, 0.1) is 11.9 Å². The number of aromatic nitrogens is 5. The van der Waals surface area contributed by atoms with Crippen molar-refractivity contribution >= 4 is 11.5 Å². The Bertz CT molecular complexity index is 1350. The summed E-state index contributed by atoms with van der Waals surface area (Å²) >= 11 is 0. The monoisotopic (exact) mass is 402 g/mol. The van der Waals surface area contributed by atoms with Gasteiger partial charge in [0.2, 0.25) is 0 Å². The van der Waals surface area contributed by atoms with Crippen LogP contribution in [-0.2, 0) is 13.0 Å². The summed E-state index contributed by atoms with van der Waals surface area (Å²) in [6, 6.07) is 6.81. The molecule has 0 aliphatic carbocycles. The van der Waals surface area contributed by atoms with Gasteiger partial charge in [-0.15, -0.1) is 5.10 Å². The molecule has 30 heavy (non-hydrogen) atoms. The van der Waals surface area contributed by atoms with Crippen molar-refractivity contribution in [1.29, 1.82) is 0 Å². The smallest absolute Gasteiger partial charge is 0.274 e. The molecule has 0 unspecified atom stereocenters. The molecule has 0 spiro atoms. The number of pyridine rings is 2. The SMILES string of the molecule is Cc1cc(F)cnc1-c1cnc2c(c1)CN(c1nn3c(=O)ccnc3cc1C)CC2. The third-order valence-electron chi connectivity index (χ3n) is 5.40. The highest BCUT2D eigenvalue weighted by molar-refractivity contribution is 5.63. The average Bonchev–Trinajstić information content (AvgIpc) is 2.73. The second-order valence-electron chi connectivity index (χ2n) is 7.52. The Balaban J connectivity index is 1.53. The first-order chi connectivity index (χ1) is 14.5. The van der Waals surface area contributed by atoms with E-state index in [1.807, 2.05) is 19.9 Å². The van der Waals surface area contributed by atoms with Gasteiger partial charge >= 0.3 is 0 Å². The van der Waals surface area contributed by atoms with Gasteiger partial charge in [0.25, 0.3) is 5.56 Å². The fourth-order valence-corrected chi connectivity index (χ4v) is 3.94. The van der Waals surface area contributed by atoms with Crippen LogP contribution in [0.1, 0.15) is 22.4 Å². The molecule has 0 saturated heterocycles. The lowest BCUT2D eigenvalue weighted by Gasteiger charge is -2.30. The zero-order chi connectivity index (χ0) is 20.8. The van der Waals surface area contributed by atoms with E-state index in [0.29, 0.717) is 12.2 Å². The molecular weight excluding hydrogens is 383 g/mol. The van der Waals surface area contributed by atoms with E-state index < -0.39 is 0 Å². The Hall–Kier alpha value is -3.68. The number of hydrogen-bond acceptors (Lipinski definition) is 6. The molecule has 0 amide bonds. The van der Waals surface area contributed by atoms with Gasteiger partial charge in [-0.3, -0.25) is 14.8 Å². The largest absolute Gasteiger partial charge is 0.350 e. The van der Waals surface area contributed by atoms with E-state index >= 15 is 0 Å². The Morgan fingerprint density at radius 1 is 1.03 bits per heavy atom. The molecule has 5 rings (SSSR count). The number of anilines is 1. The topological polar surface area (TPSA) is 76.3 Å². The molecule has 8 heteroatoms. The minimum Gasteiger partial charge on any atom is -0.350 e. The van der Waals surface area contributed by atoms with E-state index in [-0.39, 0.29) is 11.4 Å². The van der Waals surface area contributed by atoms with Crippen LogP contribution in [-0.4, -0.2) is 31.1 Å². The fraction of sp³-hybridized carbons (Fsp3) is 0.227. The first-order valence-corrected chi connectivity index (χ1v) is 9.70. The van der Waals surface area contributed by atoms with E-state index in [1.165, 1.54) is 29.0 Å². The van der Waals surface area contributed by atoms with Crippen molar-refractivity contribution in [2.45, 2.75) is 26.8 Å². The molecule has 0 saturated carbocycles. The summed E-state index contributed by atoms with van der Waals surface area (Å²) < 4.78 is 14.8. The number of nitrogens with zero attached hydrogens (tertiary/aromatic N) is 6. The highest BCUT2D eigenvalue weighted by atomic mass is 19.1. The maximum atomic E-state index is 13.4. The quantitative estimate of drug-likeness (QED) is 0.513. The highest BCUT2D eigenvalue weighted by Gasteiger charge is 2.22. The zero-order valence-corrected chi connectivity index (χ0v) is 16.6. The fourth-order valence-electron chi connectivity index (χ4n) is 3.94. The molecule has 0 N–H and O–H groups in total. The number of aryl methyl sites for hydroxylation is 2. The standard InChI is InChI=1S/C22H19FN6O/c1-13-7-17(23)11-26-21(13)15-9-16-12-28(6-4-18(16)25-10-15)22-14(2)8-19-24-5-3-20(30)29(19)27-22/h3,5,7-11H,4,6,12H2,1-2H3. The van der Waals surface area contributed by atoms with Crippen molar-refractivity contribution in [2.24, 2.45) is 0 Å². The van der Waals surface area contributed by atoms with Crippen LogP contribution in [0.2, 0.25) is 0 Å². The average molecular weight is 402 g/mol.